The number of aliphatic hydroxyl groups excluding tert-OH is 2. The molecule has 0 aliphatic heterocycles. The Morgan fingerprint density at radius 1 is 1.38 bits per heavy atom. The minimum atomic E-state index is -0.754. The zero-order valence-electron chi connectivity index (χ0n) is 12.7. The van der Waals surface area contributed by atoms with E-state index in [4.69, 9.17) is 10.8 Å². The van der Waals surface area contributed by atoms with E-state index in [0.29, 0.717) is 24.3 Å². The van der Waals surface area contributed by atoms with Crippen molar-refractivity contribution < 1.29 is 15.0 Å². The van der Waals surface area contributed by atoms with Crippen LogP contribution in [0.25, 0.3) is 0 Å². The van der Waals surface area contributed by atoms with Crippen molar-refractivity contribution in [3.63, 3.8) is 0 Å². The van der Waals surface area contributed by atoms with Crippen LogP contribution in [0.2, 0.25) is 0 Å². The molecule has 1 aromatic rings. The molecular weight excluding hydrogens is 272 g/mol. The number of nitrogens with two attached hydrogens (primary N) is 1. The van der Waals surface area contributed by atoms with Crippen molar-refractivity contribution in [2.45, 2.75) is 12.5 Å². The van der Waals surface area contributed by atoms with Gasteiger partial charge in [0.05, 0.1) is 24.1 Å². The number of nitrogen functional groups attached to an aromatic ring is 1. The topological polar surface area (TPSA) is 102 Å². The molecule has 5 N–H and O–H groups in total. The standard InChI is InChI=1S/C14H24N4O3/c1-17(2)14(21)18(3)13-8-10(15)4-5-12(13)16-7-6-11(20)9-19/h4-5,8,11,16,19-20H,6-7,9,15H2,1-3H3. The number of rotatable bonds is 6. The van der Waals surface area contributed by atoms with Crippen LogP contribution < -0.4 is 16.0 Å². The number of aliphatic hydroxyl groups is 2. The van der Waals surface area contributed by atoms with Gasteiger partial charge < -0.3 is 26.2 Å². The van der Waals surface area contributed by atoms with Crippen molar-refractivity contribution in [3.05, 3.63) is 18.2 Å². The van der Waals surface area contributed by atoms with E-state index < -0.39 is 6.10 Å². The first-order valence-corrected chi connectivity index (χ1v) is 6.74. The lowest BCUT2D eigenvalue weighted by Crippen LogP contribution is -2.36. The summed E-state index contributed by atoms with van der Waals surface area (Å²) in [6.07, 6.45) is -0.345. The number of urea groups is 1. The molecule has 0 radical (unpaired) electrons. The highest BCUT2D eigenvalue weighted by Gasteiger charge is 2.16. The number of nitrogens with one attached hydrogen (secondary N) is 1. The monoisotopic (exact) mass is 296 g/mol. The highest BCUT2D eigenvalue weighted by Crippen LogP contribution is 2.28. The van der Waals surface area contributed by atoms with E-state index in [9.17, 15) is 9.90 Å². The lowest BCUT2D eigenvalue weighted by Gasteiger charge is -2.25. The Labute approximate surface area is 125 Å². The lowest BCUT2D eigenvalue weighted by molar-refractivity contribution is 0.0911. The van der Waals surface area contributed by atoms with Crippen LogP contribution in [0, 0.1) is 0 Å². The Morgan fingerprint density at radius 3 is 2.62 bits per heavy atom. The third-order valence-corrected chi connectivity index (χ3v) is 3.06. The summed E-state index contributed by atoms with van der Waals surface area (Å²) in [7, 11) is 5.02. The van der Waals surface area contributed by atoms with Crippen LogP contribution in [0.1, 0.15) is 6.42 Å². The Kier molecular flexibility index (Phi) is 6.26. The van der Waals surface area contributed by atoms with Gasteiger partial charge in [-0.1, -0.05) is 0 Å². The maximum absolute atomic E-state index is 12.0. The third kappa shape index (κ3) is 4.80. The molecule has 118 valence electrons. The van der Waals surface area contributed by atoms with Gasteiger partial charge in [-0.05, 0) is 24.6 Å². The first-order valence-electron chi connectivity index (χ1n) is 6.74. The van der Waals surface area contributed by atoms with Crippen LogP contribution in [0.3, 0.4) is 0 Å². The van der Waals surface area contributed by atoms with Crippen LogP contribution in [-0.2, 0) is 0 Å². The molecule has 1 atom stereocenters. The van der Waals surface area contributed by atoms with Gasteiger partial charge in [-0.15, -0.1) is 0 Å². The molecule has 7 heteroatoms. The summed E-state index contributed by atoms with van der Waals surface area (Å²) in [5.74, 6) is 0. The summed E-state index contributed by atoms with van der Waals surface area (Å²) >= 11 is 0. The second-order valence-electron chi connectivity index (χ2n) is 5.06. The highest BCUT2D eigenvalue weighted by atomic mass is 16.3. The van der Waals surface area contributed by atoms with Gasteiger partial charge >= 0.3 is 6.03 Å². The molecule has 1 unspecified atom stereocenters. The molecule has 0 saturated heterocycles. The van der Waals surface area contributed by atoms with Gasteiger partial charge in [-0.2, -0.15) is 0 Å². The molecule has 2 amide bonds. The SMILES string of the molecule is CN(C)C(=O)N(C)c1cc(N)ccc1NCCC(O)CO. The molecule has 1 aromatic carbocycles. The molecule has 0 aromatic heterocycles. The summed E-state index contributed by atoms with van der Waals surface area (Å²) in [4.78, 5) is 15.0. The number of hydrogen-bond acceptors (Lipinski definition) is 5. The Bertz CT molecular complexity index is 479. The van der Waals surface area contributed by atoms with Crippen molar-refractivity contribution in [2.24, 2.45) is 0 Å². The van der Waals surface area contributed by atoms with Crippen LogP contribution in [0.4, 0.5) is 21.9 Å². The number of carbonyl (C=O) groups excluding carboxylic acids is 1. The lowest BCUT2D eigenvalue weighted by atomic mass is 10.2. The van der Waals surface area contributed by atoms with Gasteiger partial charge in [0, 0.05) is 33.4 Å². The first-order chi connectivity index (χ1) is 9.86. The van der Waals surface area contributed by atoms with Crippen molar-refractivity contribution in [1.29, 1.82) is 0 Å². The summed E-state index contributed by atoms with van der Waals surface area (Å²) in [6.45, 7) is 0.206. The summed E-state index contributed by atoms with van der Waals surface area (Å²) in [5, 5.41) is 21.3. The number of amides is 2. The van der Waals surface area contributed by atoms with Crippen molar-refractivity contribution in [2.75, 3.05) is 50.2 Å². The third-order valence-electron chi connectivity index (χ3n) is 3.06. The van der Waals surface area contributed by atoms with E-state index in [1.807, 2.05) is 0 Å². The van der Waals surface area contributed by atoms with E-state index in [1.165, 1.54) is 9.80 Å². The maximum atomic E-state index is 12.0. The molecule has 0 fully saturated rings. The smallest absolute Gasteiger partial charge is 0.323 e. The molecule has 0 spiro atoms. The number of anilines is 3. The molecular formula is C14H24N4O3. The van der Waals surface area contributed by atoms with Gasteiger partial charge in [-0.25, -0.2) is 4.79 Å². The number of carbonyl (C=O) groups is 1. The quantitative estimate of drug-likeness (QED) is 0.574. The Morgan fingerprint density at radius 2 is 2.05 bits per heavy atom. The van der Waals surface area contributed by atoms with Gasteiger partial charge in [0.2, 0.25) is 0 Å². The molecule has 0 saturated carbocycles. The van der Waals surface area contributed by atoms with E-state index in [-0.39, 0.29) is 12.6 Å². The second kappa shape index (κ2) is 7.70. The Balaban J connectivity index is 2.87. The molecule has 0 bridgehead atoms. The van der Waals surface area contributed by atoms with E-state index in [2.05, 4.69) is 5.32 Å². The van der Waals surface area contributed by atoms with E-state index in [0.717, 1.165) is 5.69 Å². The van der Waals surface area contributed by atoms with Crippen LogP contribution >= 0.6 is 0 Å². The zero-order valence-corrected chi connectivity index (χ0v) is 12.7. The predicted molar refractivity (Wildman–Crippen MR) is 84.5 cm³/mol. The average molecular weight is 296 g/mol. The number of hydrogen-bond donors (Lipinski definition) is 4. The van der Waals surface area contributed by atoms with E-state index >= 15 is 0 Å². The second-order valence-corrected chi connectivity index (χ2v) is 5.06. The first kappa shape index (κ1) is 17.1. The summed E-state index contributed by atoms with van der Waals surface area (Å²) in [5.41, 5.74) is 7.75. The Hall–Kier alpha value is -1.99. The zero-order chi connectivity index (χ0) is 16.0. The predicted octanol–water partition coefficient (Wildman–Crippen LogP) is 0.542. The van der Waals surface area contributed by atoms with Crippen molar-refractivity contribution >= 4 is 23.1 Å². The van der Waals surface area contributed by atoms with Crippen LogP contribution in [0.5, 0.6) is 0 Å². The van der Waals surface area contributed by atoms with Crippen LogP contribution in [0.15, 0.2) is 18.2 Å². The van der Waals surface area contributed by atoms with Crippen LogP contribution in [-0.4, -0.2) is 61.5 Å². The minimum absolute atomic E-state index is 0.168. The van der Waals surface area contributed by atoms with Crippen molar-refractivity contribution in [3.8, 4) is 0 Å². The van der Waals surface area contributed by atoms with Gasteiger partial charge in [0.25, 0.3) is 0 Å². The highest BCUT2D eigenvalue weighted by molar-refractivity contribution is 5.95. The van der Waals surface area contributed by atoms with Gasteiger partial charge in [-0.3, -0.25) is 4.90 Å². The number of nitrogens with zero attached hydrogens (tertiary/aromatic N) is 2. The largest absolute Gasteiger partial charge is 0.399 e. The fraction of sp³-hybridized carbons (Fsp3) is 0.500. The van der Waals surface area contributed by atoms with Crippen molar-refractivity contribution in [1.82, 2.24) is 4.90 Å². The number of benzene rings is 1. The molecule has 21 heavy (non-hydrogen) atoms. The fourth-order valence-electron chi connectivity index (χ4n) is 1.84. The summed E-state index contributed by atoms with van der Waals surface area (Å²) < 4.78 is 0. The molecule has 0 aliphatic carbocycles. The molecule has 0 aliphatic rings. The maximum Gasteiger partial charge on any atom is 0.323 e. The molecule has 1 rings (SSSR count). The van der Waals surface area contributed by atoms with Gasteiger partial charge in [0.15, 0.2) is 0 Å². The van der Waals surface area contributed by atoms with Gasteiger partial charge in [0.1, 0.15) is 0 Å². The normalized spacial score (nSPS) is 11.9. The summed E-state index contributed by atoms with van der Waals surface area (Å²) in [6, 6.07) is 5.07. The minimum Gasteiger partial charge on any atom is -0.399 e. The molecule has 7 nitrogen and oxygen atoms in total. The fourth-order valence-corrected chi connectivity index (χ4v) is 1.84. The molecule has 0 heterocycles. The van der Waals surface area contributed by atoms with E-state index in [1.54, 1.807) is 39.3 Å². The average Bonchev–Trinajstić information content (AvgIpc) is 2.46.